The second kappa shape index (κ2) is 12.2. The Balaban J connectivity index is 1.19. The molecule has 1 saturated carbocycles. The van der Waals surface area contributed by atoms with Crippen LogP contribution in [0, 0.1) is 0 Å². The summed E-state index contributed by atoms with van der Waals surface area (Å²) in [6.07, 6.45) is 1.14. The zero-order valence-electron chi connectivity index (χ0n) is 23.0. The monoisotopic (exact) mass is 558 g/mol. The van der Waals surface area contributed by atoms with E-state index in [0.29, 0.717) is 16.8 Å². The number of carbonyl (C=O) groups excluding carboxylic acids is 1. The molecule has 11 heteroatoms. The van der Waals surface area contributed by atoms with Crippen LogP contribution in [-0.4, -0.2) is 40.8 Å². The molecule has 3 aliphatic rings. The molecule has 2 amide bonds. The third kappa shape index (κ3) is 6.42. The van der Waals surface area contributed by atoms with E-state index in [2.05, 4.69) is 45.6 Å². The van der Waals surface area contributed by atoms with E-state index in [0.717, 1.165) is 63.7 Å². The van der Waals surface area contributed by atoms with E-state index in [9.17, 15) is 18.0 Å². The van der Waals surface area contributed by atoms with E-state index in [4.69, 9.17) is 4.84 Å². The molecule has 1 aliphatic carbocycles. The van der Waals surface area contributed by atoms with Crippen LogP contribution in [-0.2, 0) is 30.6 Å². The van der Waals surface area contributed by atoms with Crippen molar-refractivity contribution in [3.05, 3.63) is 69.8 Å². The first-order valence-electron chi connectivity index (χ1n) is 14.0. The third-order valence-electron chi connectivity index (χ3n) is 8.17. The molecule has 8 nitrogen and oxygen atoms in total. The number of likely N-dealkylation sites (tertiary alicyclic amines) is 1. The second-order valence-electron chi connectivity index (χ2n) is 10.9. The molecular weight excluding hydrogens is 521 g/mol. The van der Waals surface area contributed by atoms with Crippen molar-refractivity contribution in [1.29, 1.82) is 0 Å². The number of amides is 2. The predicted octanol–water partition coefficient (Wildman–Crippen LogP) is 5.39. The summed E-state index contributed by atoms with van der Waals surface area (Å²) in [5.74, 6) is -0.0280. The minimum Gasteiger partial charge on any atom is -0.391 e. The van der Waals surface area contributed by atoms with Crippen LogP contribution >= 0.6 is 0 Å². The van der Waals surface area contributed by atoms with Crippen molar-refractivity contribution in [1.82, 2.24) is 26.4 Å². The molecule has 0 spiro atoms. The number of oxime groups is 1. The lowest BCUT2D eigenvalue weighted by Gasteiger charge is -2.42. The summed E-state index contributed by atoms with van der Waals surface area (Å²) in [7, 11) is 0. The molecule has 2 heterocycles. The van der Waals surface area contributed by atoms with Gasteiger partial charge in [-0.05, 0) is 72.1 Å². The molecule has 0 aromatic heterocycles. The summed E-state index contributed by atoms with van der Waals surface area (Å²) < 4.78 is 41.6. The molecule has 3 N–H and O–H groups in total. The maximum atomic E-state index is 13.9. The number of hydrogen-bond donors (Lipinski definition) is 3. The van der Waals surface area contributed by atoms with Gasteiger partial charge in [-0.15, -0.1) is 11.1 Å². The van der Waals surface area contributed by atoms with Gasteiger partial charge in [-0.2, -0.15) is 13.2 Å². The average molecular weight is 559 g/mol. The van der Waals surface area contributed by atoms with Crippen LogP contribution < -0.4 is 16.5 Å². The number of rotatable bonds is 9. The number of hydrazine groups is 3. The van der Waals surface area contributed by atoms with Gasteiger partial charge in [0, 0.05) is 19.6 Å². The van der Waals surface area contributed by atoms with Crippen LogP contribution in [0.1, 0.15) is 85.3 Å². The minimum absolute atomic E-state index is 0.0280. The highest BCUT2D eigenvalue weighted by Gasteiger charge is 2.37. The van der Waals surface area contributed by atoms with Crippen LogP contribution in [0.3, 0.4) is 0 Å². The lowest BCUT2D eigenvalue weighted by molar-refractivity contribution is -0.138. The maximum absolute atomic E-state index is 13.9. The quantitative estimate of drug-likeness (QED) is 0.284. The Morgan fingerprint density at radius 2 is 1.85 bits per heavy atom. The van der Waals surface area contributed by atoms with Gasteiger partial charge in [-0.25, -0.2) is 9.80 Å². The van der Waals surface area contributed by atoms with Crippen LogP contribution in [0.2, 0.25) is 0 Å². The van der Waals surface area contributed by atoms with Gasteiger partial charge in [0.05, 0.1) is 17.3 Å². The fourth-order valence-electron chi connectivity index (χ4n) is 5.88. The molecule has 0 bridgehead atoms. The highest BCUT2D eigenvalue weighted by atomic mass is 19.4. The van der Waals surface area contributed by atoms with Gasteiger partial charge in [0.1, 0.15) is 6.61 Å². The number of urea groups is 1. The van der Waals surface area contributed by atoms with E-state index in [1.165, 1.54) is 17.2 Å². The number of benzene rings is 2. The topological polar surface area (TPSA) is 81.2 Å². The Morgan fingerprint density at radius 1 is 1.07 bits per heavy atom. The van der Waals surface area contributed by atoms with Crippen LogP contribution in [0.4, 0.5) is 18.0 Å². The largest absolute Gasteiger partial charge is 0.416 e. The number of hydrogen-bond acceptors (Lipinski definition) is 6. The van der Waals surface area contributed by atoms with Crippen molar-refractivity contribution in [2.75, 3.05) is 13.1 Å². The number of nitrogens with zero attached hydrogens (tertiary/aromatic N) is 3. The van der Waals surface area contributed by atoms with E-state index in [1.807, 2.05) is 13.0 Å². The Bertz CT molecular complexity index is 1240. The number of carbonyl (C=O) groups is 1. The summed E-state index contributed by atoms with van der Waals surface area (Å²) >= 11 is 0. The number of halogens is 3. The van der Waals surface area contributed by atoms with Crippen molar-refractivity contribution >= 4 is 11.7 Å². The predicted molar refractivity (Wildman–Crippen MR) is 146 cm³/mol. The lowest BCUT2D eigenvalue weighted by Crippen LogP contribution is -2.62. The SMILES string of the molecule is CCc1cc(/C(C)=N/OCc2ccc(C3CCCCC3)c(C(F)(F)F)c2)ccc1CN1CC(N2NNNC2=O)C1. The number of nitrogens with one attached hydrogen (secondary N) is 3. The summed E-state index contributed by atoms with van der Waals surface area (Å²) in [6.45, 7) is 6.25. The molecule has 216 valence electrons. The summed E-state index contributed by atoms with van der Waals surface area (Å²) in [4.78, 5) is 19.6. The highest BCUT2D eigenvalue weighted by molar-refractivity contribution is 5.98. The van der Waals surface area contributed by atoms with Gasteiger partial charge >= 0.3 is 12.2 Å². The Labute approximate surface area is 232 Å². The Kier molecular flexibility index (Phi) is 8.62. The van der Waals surface area contributed by atoms with Gasteiger partial charge in [-0.1, -0.05) is 55.6 Å². The molecule has 0 unspecified atom stereocenters. The zero-order valence-corrected chi connectivity index (χ0v) is 23.0. The molecule has 3 fully saturated rings. The first kappa shape index (κ1) is 28.4. The molecule has 5 rings (SSSR count). The van der Waals surface area contributed by atoms with Crippen LogP contribution in [0.25, 0.3) is 0 Å². The number of alkyl halides is 3. The molecule has 0 atom stereocenters. The number of aryl methyl sites for hydroxylation is 1. The first-order chi connectivity index (χ1) is 19.2. The van der Waals surface area contributed by atoms with E-state index >= 15 is 0 Å². The fourth-order valence-corrected chi connectivity index (χ4v) is 5.88. The molecule has 0 radical (unpaired) electrons. The first-order valence-corrected chi connectivity index (χ1v) is 14.0. The van der Waals surface area contributed by atoms with Crippen molar-refractivity contribution < 1.29 is 22.8 Å². The van der Waals surface area contributed by atoms with Gasteiger partial charge in [0.15, 0.2) is 0 Å². The van der Waals surface area contributed by atoms with Gasteiger partial charge in [-0.3, -0.25) is 10.3 Å². The molecule has 2 aromatic carbocycles. The van der Waals surface area contributed by atoms with Crippen molar-refractivity contribution in [3.63, 3.8) is 0 Å². The minimum atomic E-state index is -4.39. The molecule has 40 heavy (non-hydrogen) atoms. The molecule has 2 saturated heterocycles. The molecular formula is C29H37F3N6O2. The van der Waals surface area contributed by atoms with Crippen LogP contribution in [0.5, 0.6) is 0 Å². The third-order valence-corrected chi connectivity index (χ3v) is 8.17. The van der Waals surface area contributed by atoms with Gasteiger partial charge < -0.3 is 4.84 Å². The van der Waals surface area contributed by atoms with E-state index in [1.54, 1.807) is 17.1 Å². The average Bonchev–Trinajstić information content (AvgIpc) is 3.35. The molecule has 2 aromatic rings. The van der Waals surface area contributed by atoms with E-state index < -0.39 is 11.7 Å². The smallest absolute Gasteiger partial charge is 0.391 e. The fraction of sp³-hybridized carbons (Fsp3) is 0.517. The zero-order chi connectivity index (χ0) is 28.3. The van der Waals surface area contributed by atoms with Crippen LogP contribution in [0.15, 0.2) is 41.6 Å². The normalized spacial score (nSPS) is 19.6. The van der Waals surface area contributed by atoms with E-state index in [-0.39, 0.29) is 24.6 Å². The lowest BCUT2D eigenvalue weighted by atomic mass is 9.81. The summed E-state index contributed by atoms with van der Waals surface area (Å²) in [5.41, 5.74) is 12.2. The molecule has 2 aliphatic heterocycles. The van der Waals surface area contributed by atoms with Crippen molar-refractivity contribution in [2.45, 2.75) is 83.7 Å². The highest BCUT2D eigenvalue weighted by Crippen LogP contribution is 2.41. The summed E-state index contributed by atoms with van der Waals surface area (Å²) in [5, 5.41) is 5.78. The second-order valence-corrected chi connectivity index (χ2v) is 10.9. The van der Waals surface area contributed by atoms with Crippen molar-refractivity contribution in [3.8, 4) is 0 Å². The van der Waals surface area contributed by atoms with Gasteiger partial charge in [0.25, 0.3) is 0 Å². The summed E-state index contributed by atoms with van der Waals surface area (Å²) in [6, 6.07) is 10.7. The Hall–Kier alpha value is -3.15. The van der Waals surface area contributed by atoms with Gasteiger partial charge in [0.2, 0.25) is 0 Å². The Morgan fingerprint density at radius 3 is 2.52 bits per heavy atom. The maximum Gasteiger partial charge on any atom is 0.416 e. The van der Waals surface area contributed by atoms with Crippen molar-refractivity contribution in [2.24, 2.45) is 5.16 Å². The standard InChI is InChI=1S/C29H37F3N6O2/c1-3-21-14-23(10-11-24(21)15-37-16-25(17-37)38-28(39)33-35-36-38)19(2)34-40-18-20-9-12-26(22-7-5-4-6-8-22)27(13-20)29(30,31)32/h9-14,22,25,35-36H,3-8,15-18H2,1-2H3,(H,33,39)/b34-19+.